The molecule has 2 rings (SSSR count). The van der Waals surface area contributed by atoms with Crippen molar-refractivity contribution < 1.29 is 14.0 Å². The molecule has 5 heteroatoms. The number of amides is 2. The first-order valence-corrected chi connectivity index (χ1v) is 8.26. The van der Waals surface area contributed by atoms with Gasteiger partial charge in [0, 0.05) is 19.2 Å². The van der Waals surface area contributed by atoms with E-state index in [1.807, 2.05) is 38.1 Å². The van der Waals surface area contributed by atoms with Gasteiger partial charge in [-0.25, -0.2) is 4.39 Å². The monoisotopic (exact) mass is 342 g/mol. The molecule has 0 heterocycles. The normalized spacial score (nSPS) is 10.6. The van der Waals surface area contributed by atoms with Crippen molar-refractivity contribution in [3.8, 4) is 0 Å². The maximum absolute atomic E-state index is 12.9. The molecule has 2 aromatic rings. The third-order valence-electron chi connectivity index (χ3n) is 3.93. The zero-order chi connectivity index (χ0) is 18.4. The van der Waals surface area contributed by atoms with E-state index in [4.69, 9.17) is 0 Å². The maximum atomic E-state index is 12.9. The number of carbonyl (C=O) groups excluding carboxylic acids is 2. The molecule has 4 nitrogen and oxygen atoms in total. The predicted molar refractivity (Wildman–Crippen MR) is 96.8 cm³/mol. The molecule has 0 fully saturated rings. The summed E-state index contributed by atoms with van der Waals surface area (Å²) >= 11 is 0. The summed E-state index contributed by atoms with van der Waals surface area (Å²) in [5.41, 5.74) is 2.57. The first-order chi connectivity index (χ1) is 11.9. The third-order valence-corrected chi connectivity index (χ3v) is 3.93. The zero-order valence-electron chi connectivity index (χ0n) is 14.8. The van der Waals surface area contributed by atoms with E-state index in [0.29, 0.717) is 0 Å². The Labute approximate surface area is 147 Å². The van der Waals surface area contributed by atoms with Gasteiger partial charge in [0.25, 0.3) is 0 Å². The van der Waals surface area contributed by atoms with Crippen LogP contribution in [0.25, 0.3) is 0 Å². The molecule has 0 bridgehead atoms. The Bertz CT molecular complexity index is 742. The lowest BCUT2D eigenvalue weighted by Gasteiger charge is -2.25. The fraction of sp³-hybridized carbons (Fsp3) is 0.300. The van der Waals surface area contributed by atoms with E-state index in [1.165, 1.54) is 24.0 Å². The van der Waals surface area contributed by atoms with Gasteiger partial charge in [-0.05, 0) is 35.2 Å². The highest BCUT2D eigenvalue weighted by Gasteiger charge is 2.19. The smallest absolute Gasteiger partial charge is 0.240 e. The summed E-state index contributed by atoms with van der Waals surface area (Å²) in [5, 5.41) is 2.77. The number of hydrogen-bond acceptors (Lipinski definition) is 2. The molecule has 2 amide bonds. The lowest BCUT2D eigenvalue weighted by molar-refractivity contribution is -0.123. The molecule has 0 saturated heterocycles. The highest BCUT2D eigenvalue weighted by molar-refractivity contribution is 5.98. The number of benzene rings is 2. The van der Waals surface area contributed by atoms with Crippen molar-refractivity contribution >= 4 is 17.5 Å². The minimum atomic E-state index is -0.317. The summed E-state index contributed by atoms with van der Waals surface area (Å²) in [6.45, 7) is 5.78. The second-order valence-corrected chi connectivity index (χ2v) is 6.22. The van der Waals surface area contributed by atoms with Crippen LogP contribution in [0.2, 0.25) is 0 Å². The van der Waals surface area contributed by atoms with Gasteiger partial charge in [0.2, 0.25) is 11.8 Å². The number of hydrogen-bond donors (Lipinski definition) is 1. The van der Waals surface area contributed by atoms with Gasteiger partial charge < -0.3 is 10.2 Å². The Morgan fingerprint density at radius 2 is 1.72 bits per heavy atom. The topological polar surface area (TPSA) is 49.4 Å². The molecule has 0 aliphatic heterocycles. The average Bonchev–Trinajstić information content (AvgIpc) is 2.59. The number of para-hydroxylation sites is 1. The molecule has 25 heavy (non-hydrogen) atoms. The fourth-order valence-corrected chi connectivity index (χ4v) is 2.59. The second-order valence-electron chi connectivity index (χ2n) is 6.22. The first-order valence-electron chi connectivity index (χ1n) is 8.26. The van der Waals surface area contributed by atoms with Gasteiger partial charge in [-0.15, -0.1) is 0 Å². The minimum absolute atomic E-state index is 0.0553. The summed E-state index contributed by atoms with van der Waals surface area (Å²) in [7, 11) is 0. The number of rotatable bonds is 6. The molecule has 0 aliphatic carbocycles. The van der Waals surface area contributed by atoms with Gasteiger partial charge in [-0.3, -0.25) is 9.59 Å². The van der Waals surface area contributed by atoms with E-state index in [0.717, 1.165) is 16.8 Å². The van der Waals surface area contributed by atoms with Crippen LogP contribution in [0, 0.1) is 5.82 Å². The van der Waals surface area contributed by atoms with Crippen LogP contribution in [-0.4, -0.2) is 18.4 Å². The lowest BCUT2D eigenvalue weighted by atomic mass is 10.0. The summed E-state index contributed by atoms with van der Waals surface area (Å²) in [6, 6.07) is 13.5. The number of anilines is 1. The van der Waals surface area contributed by atoms with Gasteiger partial charge in [-0.2, -0.15) is 0 Å². The molecule has 0 atom stereocenters. The van der Waals surface area contributed by atoms with Crippen LogP contribution in [0.4, 0.5) is 10.1 Å². The van der Waals surface area contributed by atoms with Gasteiger partial charge in [0.1, 0.15) is 12.4 Å². The number of carbonyl (C=O) groups is 2. The van der Waals surface area contributed by atoms with E-state index < -0.39 is 0 Å². The van der Waals surface area contributed by atoms with Crippen molar-refractivity contribution in [2.45, 2.75) is 33.2 Å². The van der Waals surface area contributed by atoms with Crippen LogP contribution in [0.3, 0.4) is 0 Å². The highest BCUT2D eigenvalue weighted by atomic mass is 19.1. The summed E-state index contributed by atoms with van der Waals surface area (Å²) in [4.78, 5) is 25.8. The average molecular weight is 342 g/mol. The minimum Gasteiger partial charge on any atom is -0.350 e. The molecule has 0 radical (unpaired) electrons. The van der Waals surface area contributed by atoms with Gasteiger partial charge in [0.15, 0.2) is 0 Å². The maximum Gasteiger partial charge on any atom is 0.240 e. The second kappa shape index (κ2) is 8.42. The van der Waals surface area contributed by atoms with Crippen molar-refractivity contribution in [3.63, 3.8) is 0 Å². The van der Waals surface area contributed by atoms with Crippen LogP contribution in [-0.2, 0) is 16.1 Å². The van der Waals surface area contributed by atoms with Gasteiger partial charge in [0.05, 0.1) is 0 Å². The Morgan fingerprint density at radius 3 is 2.32 bits per heavy atom. The number of nitrogens with zero attached hydrogens (tertiary/aromatic N) is 1. The van der Waals surface area contributed by atoms with E-state index in [-0.39, 0.29) is 36.6 Å². The number of nitrogens with one attached hydrogen (secondary N) is 1. The van der Waals surface area contributed by atoms with Crippen LogP contribution < -0.4 is 10.2 Å². The lowest BCUT2D eigenvalue weighted by Crippen LogP contribution is -2.40. The Balaban J connectivity index is 2.07. The van der Waals surface area contributed by atoms with Crippen molar-refractivity contribution in [1.82, 2.24) is 5.32 Å². The Hall–Kier alpha value is -2.69. The number of halogens is 1. The first kappa shape index (κ1) is 18.6. The standard InChI is InChI=1S/C20H23FN2O2/c1-14(2)18-6-4-5-7-19(18)23(15(3)24)13-20(25)22-12-16-8-10-17(21)11-9-16/h4-11,14H,12-13H2,1-3H3,(H,22,25). The Kier molecular flexibility index (Phi) is 6.28. The summed E-state index contributed by atoms with van der Waals surface area (Å²) in [5.74, 6) is -0.536. The van der Waals surface area contributed by atoms with Crippen molar-refractivity contribution in [2.24, 2.45) is 0 Å². The third kappa shape index (κ3) is 5.14. The molecular weight excluding hydrogens is 319 g/mol. The zero-order valence-corrected chi connectivity index (χ0v) is 14.8. The van der Waals surface area contributed by atoms with Crippen LogP contribution in [0.15, 0.2) is 48.5 Å². The molecular formula is C20H23FN2O2. The quantitative estimate of drug-likeness (QED) is 0.872. The van der Waals surface area contributed by atoms with Crippen LogP contribution in [0.5, 0.6) is 0 Å². The Morgan fingerprint density at radius 1 is 1.08 bits per heavy atom. The molecule has 2 aromatic carbocycles. The van der Waals surface area contributed by atoms with Crippen molar-refractivity contribution in [1.29, 1.82) is 0 Å². The van der Waals surface area contributed by atoms with E-state index in [9.17, 15) is 14.0 Å². The summed E-state index contributed by atoms with van der Waals surface area (Å²) < 4.78 is 12.9. The van der Waals surface area contributed by atoms with E-state index >= 15 is 0 Å². The molecule has 1 N–H and O–H groups in total. The fourth-order valence-electron chi connectivity index (χ4n) is 2.59. The highest BCUT2D eigenvalue weighted by Crippen LogP contribution is 2.27. The van der Waals surface area contributed by atoms with Crippen LogP contribution >= 0.6 is 0 Å². The molecule has 0 aromatic heterocycles. The van der Waals surface area contributed by atoms with Crippen molar-refractivity contribution in [3.05, 3.63) is 65.5 Å². The SMILES string of the molecule is CC(=O)N(CC(=O)NCc1ccc(F)cc1)c1ccccc1C(C)C. The molecule has 0 spiro atoms. The molecule has 0 saturated carbocycles. The van der Waals surface area contributed by atoms with Crippen molar-refractivity contribution in [2.75, 3.05) is 11.4 Å². The summed E-state index contributed by atoms with van der Waals surface area (Å²) in [6.07, 6.45) is 0. The van der Waals surface area contributed by atoms with Crippen LogP contribution in [0.1, 0.15) is 37.8 Å². The molecule has 0 unspecified atom stereocenters. The molecule has 132 valence electrons. The van der Waals surface area contributed by atoms with Gasteiger partial charge in [-0.1, -0.05) is 44.2 Å². The van der Waals surface area contributed by atoms with E-state index in [2.05, 4.69) is 5.32 Å². The largest absolute Gasteiger partial charge is 0.350 e. The van der Waals surface area contributed by atoms with Gasteiger partial charge >= 0.3 is 0 Å². The molecule has 0 aliphatic rings. The predicted octanol–water partition coefficient (Wildman–Crippen LogP) is 3.62. The van der Waals surface area contributed by atoms with E-state index in [1.54, 1.807) is 12.1 Å².